The fourth-order valence-corrected chi connectivity index (χ4v) is 3.47. The monoisotopic (exact) mass is 447 g/mol. The molecule has 1 saturated carbocycles. The Kier molecular flexibility index (Phi) is 12.4. The number of nitrogens with one attached hydrogen (secondary N) is 1. The second kappa shape index (κ2) is 13.9. The Hall–Kier alpha value is -1.28. The smallest absolute Gasteiger partial charge is 0.550 e. The predicted molar refractivity (Wildman–Crippen MR) is 105 cm³/mol. The van der Waals surface area contributed by atoms with Crippen LogP contribution in [0, 0.1) is 5.92 Å². The first-order valence-electron chi connectivity index (χ1n) is 10.0. The number of hydrogen-bond acceptors (Lipinski definition) is 6. The molecule has 160 valence electrons. The molecule has 0 aromatic heterocycles. The van der Waals surface area contributed by atoms with Gasteiger partial charge in [0.1, 0.15) is 0 Å². The van der Waals surface area contributed by atoms with Gasteiger partial charge in [-0.15, -0.1) is 0 Å². The molecule has 1 aliphatic carbocycles. The minimum absolute atomic E-state index is 0. The molecule has 0 spiro atoms. The van der Waals surface area contributed by atoms with Gasteiger partial charge in [-0.05, 0) is 49.8 Å². The number of alkyl carbamates (subject to hydrolysis) is 1. The van der Waals surface area contributed by atoms with E-state index in [4.69, 9.17) is 21.1 Å². The normalized spacial score (nSPS) is 15.5. The summed E-state index contributed by atoms with van der Waals surface area (Å²) in [5, 5.41) is 14.0. The van der Waals surface area contributed by atoms with E-state index in [1.165, 1.54) is 0 Å². The molecule has 1 fully saturated rings. The van der Waals surface area contributed by atoms with Crippen LogP contribution in [0.2, 0.25) is 5.02 Å². The minimum atomic E-state index is -1.21. The van der Waals surface area contributed by atoms with Crippen molar-refractivity contribution >= 4 is 29.6 Å². The van der Waals surface area contributed by atoms with Crippen LogP contribution >= 0.6 is 11.6 Å². The largest absolute Gasteiger partial charge is 1.00 e. The minimum Gasteiger partial charge on any atom is -0.550 e. The average Bonchev–Trinajstić information content (AvgIpc) is 3.21. The summed E-state index contributed by atoms with van der Waals surface area (Å²) in [4.78, 5) is 35.5. The fourth-order valence-electron chi connectivity index (χ4n) is 3.34. The molecule has 2 unspecified atom stereocenters. The summed E-state index contributed by atoms with van der Waals surface area (Å²) >= 11 is 5.89. The van der Waals surface area contributed by atoms with Crippen LogP contribution in [0.15, 0.2) is 24.3 Å². The van der Waals surface area contributed by atoms with Crippen LogP contribution in [0.5, 0.6) is 0 Å². The van der Waals surface area contributed by atoms with Gasteiger partial charge >= 0.3 is 41.6 Å². The SMILES string of the molecule is CCCC(OC(=O)NC(CCC(=O)[O-])c1ccc(Cl)cc1)OC(=O)C1CCCC1.[Na+]. The number of carboxylic acids is 1. The number of esters is 1. The van der Waals surface area contributed by atoms with Gasteiger partial charge in [0.25, 0.3) is 0 Å². The summed E-state index contributed by atoms with van der Waals surface area (Å²) in [6, 6.07) is 6.10. The molecule has 1 aromatic carbocycles. The second-order valence-electron chi connectivity index (χ2n) is 7.20. The molecule has 1 aromatic rings. The molecule has 0 bridgehead atoms. The van der Waals surface area contributed by atoms with Crippen molar-refractivity contribution in [2.45, 2.75) is 70.6 Å². The molecule has 0 aliphatic heterocycles. The van der Waals surface area contributed by atoms with Crippen molar-refractivity contribution in [2.24, 2.45) is 5.92 Å². The first kappa shape index (κ1) is 26.8. The first-order chi connectivity index (χ1) is 13.9. The van der Waals surface area contributed by atoms with Crippen molar-refractivity contribution in [2.75, 3.05) is 0 Å². The summed E-state index contributed by atoms with van der Waals surface area (Å²) in [5.74, 6) is -1.68. The van der Waals surface area contributed by atoms with Gasteiger partial charge in [0.2, 0.25) is 6.29 Å². The number of benzene rings is 1. The van der Waals surface area contributed by atoms with Crippen LogP contribution in [0.4, 0.5) is 4.79 Å². The maximum Gasteiger partial charge on any atom is 1.00 e. The van der Waals surface area contributed by atoms with Crippen molar-refractivity contribution < 1.29 is 58.5 Å². The fraction of sp³-hybridized carbons (Fsp3) is 0.571. The number of carboxylic acid groups (broad SMARTS) is 1. The van der Waals surface area contributed by atoms with Crippen molar-refractivity contribution in [3.63, 3.8) is 0 Å². The Bertz CT molecular complexity index is 693. The van der Waals surface area contributed by atoms with Crippen LogP contribution in [0.25, 0.3) is 0 Å². The number of carbonyl (C=O) groups is 3. The molecule has 1 N–H and O–H groups in total. The Morgan fingerprint density at radius 3 is 2.33 bits per heavy atom. The Morgan fingerprint density at radius 2 is 1.77 bits per heavy atom. The van der Waals surface area contributed by atoms with Gasteiger partial charge in [-0.25, -0.2) is 4.79 Å². The summed E-state index contributed by atoms with van der Waals surface area (Å²) in [7, 11) is 0. The Morgan fingerprint density at radius 1 is 1.13 bits per heavy atom. The van der Waals surface area contributed by atoms with Crippen LogP contribution in [-0.4, -0.2) is 24.3 Å². The maximum atomic E-state index is 12.4. The number of carbonyl (C=O) groups excluding carboxylic acids is 3. The molecule has 1 amide bonds. The number of aliphatic carboxylic acids is 1. The van der Waals surface area contributed by atoms with E-state index in [1.54, 1.807) is 24.3 Å². The molecule has 0 heterocycles. The van der Waals surface area contributed by atoms with Gasteiger partial charge in [-0.2, -0.15) is 0 Å². The van der Waals surface area contributed by atoms with E-state index in [-0.39, 0.29) is 54.3 Å². The van der Waals surface area contributed by atoms with E-state index < -0.39 is 24.4 Å². The van der Waals surface area contributed by atoms with Crippen molar-refractivity contribution in [3.8, 4) is 0 Å². The maximum absolute atomic E-state index is 12.4. The number of amides is 1. The Labute approximate surface area is 204 Å². The van der Waals surface area contributed by atoms with Crippen LogP contribution < -0.4 is 40.0 Å². The van der Waals surface area contributed by atoms with E-state index in [2.05, 4.69) is 5.32 Å². The third-order valence-electron chi connectivity index (χ3n) is 4.90. The molecule has 1 aliphatic rings. The van der Waals surface area contributed by atoms with Crippen LogP contribution in [0.3, 0.4) is 0 Å². The van der Waals surface area contributed by atoms with Gasteiger partial charge < -0.3 is 24.7 Å². The molecule has 0 radical (unpaired) electrons. The van der Waals surface area contributed by atoms with E-state index in [0.29, 0.717) is 23.4 Å². The topological polar surface area (TPSA) is 105 Å². The summed E-state index contributed by atoms with van der Waals surface area (Å²) in [6.07, 6.45) is 2.79. The van der Waals surface area contributed by atoms with E-state index >= 15 is 0 Å². The summed E-state index contributed by atoms with van der Waals surface area (Å²) in [6.45, 7) is 1.90. The van der Waals surface area contributed by atoms with E-state index in [9.17, 15) is 19.5 Å². The second-order valence-corrected chi connectivity index (χ2v) is 7.64. The summed E-state index contributed by atoms with van der Waals surface area (Å²) < 4.78 is 10.7. The van der Waals surface area contributed by atoms with E-state index in [0.717, 1.165) is 25.7 Å². The third kappa shape index (κ3) is 9.25. The molecule has 0 saturated heterocycles. The molecule has 30 heavy (non-hydrogen) atoms. The zero-order chi connectivity index (χ0) is 21.2. The predicted octanol–water partition coefficient (Wildman–Crippen LogP) is 0.501. The first-order valence-corrected chi connectivity index (χ1v) is 10.4. The van der Waals surface area contributed by atoms with Gasteiger partial charge in [-0.1, -0.05) is 43.5 Å². The molecule has 2 rings (SSSR count). The zero-order valence-electron chi connectivity index (χ0n) is 17.5. The van der Waals surface area contributed by atoms with Crippen molar-refractivity contribution in [1.29, 1.82) is 0 Å². The van der Waals surface area contributed by atoms with Gasteiger partial charge in [-0.3, -0.25) is 4.79 Å². The Balaban J connectivity index is 0.00000450. The van der Waals surface area contributed by atoms with Gasteiger partial charge in [0.05, 0.1) is 12.0 Å². The third-order valence-corrected chi connectivity index (χ3v) is 5.15. The number of hydrogen-bond donors (Lipinski definition) is 1. The van der Waals surface area contributed by atoms with Crippen molar-refractivity contribution in [3.05, 3.63) is 34.9 Å². The molecule has 9 heteroatoms. The van der Waals surface area contributed by atoms with Crippen LogP contribution in [0.1, 0.15) is 69.9 Å². The van der Waals surface area contributed by atoms with Gasteiger partial charge in [0, 0.05) is 17.4 Å². The molecule has 7 nitrogen and oxygen atoms in total. The number of ether oxygens (including phenoxy) is 2. The molecular formula is C21H27ClNNaO6. The standard InChI is InChI=1S/C21H28ClNO6.Na/c1-2-5-19(28-20(26)15-6-3-4-7-15)29-21(27)23-17(12-13-18(24)25)14-8-10-16(22)11-9-14;/h8-11,15,17,19H,2-7,12-13H2,1H3,(H,23,27)(H,24,25);/q;+1/p-1. The van der Waals surface area contributed by atoms with Crippen molar-refractivity contribution in [1.82, 2.24) is 5.32 Å². The molecular weight excluding hydrogens is 421 g/mol. The number of halogens is 1. The molecule has 2 atom stereocenters. The summed E-state index contributed by atoms with van der Waals surface area (Å²) in [5.41, 5.74) is 0.683. The van der Waals surface area contributed by atoms with Gasteiger partial charge in [0.15, 0.2) is 0 Å². The average molecular weight is 448 g/mol. The van der Waals surface area contributed by atoms with E-state index in [1.807, 2.05) is 6.92 Å². The number of rotatable bonds is 10. The quantitative estimate of drug-likeness (QED) is 0.318. The zero-order valence-corrected chi connectivity index (χ0v) is 20.3. The van der Waals surface area contributed by atoms with Crippen LogP contribution in [-0.2, 0) is 19.1 Å².